The highest BCUT2D eigenvalue weighted by Crippen LogP contribution is 2.35. The highest BCUT2D eigenvalue weighted by molar-refractivity contribution is 7.13. The minimum absolute atomic E-state index is 0.236. The van der Waals surface area contributed by atoms with Crippen LogP contribution in [0.4, 0.5) is 26.3 Å². The van der Waals surface area contributed by atoms with E-state index in [1.807, 2.05) is 0 Å². The normalized spacial score (nSPS) is 12.4. The molecule has 2 rings (SSSR count). The van der Waals surface area contributed by atoms with E-state index in [4.69, 9.17) is 0 Å². The van der Waals surface area contributed by atoms with Crippen LogP contribution < -0.4 is 0 Å². The van der Waals surface area contributed by atoms with Crippen molar-refractivity contribution < 1.29 is 26.3 Å². The molecule has 0 radical (unpaired) electrons. The Morgan fingerprint density at radius 2 is 1.52 bits per heavy atom. The van der Waals surface area contributed by atoms with Gasteiger partial charge in [0, 0.05) is 23.8 Å². The van der Waals surface area contributed by atoms with E-state index in [0.717, 1.165) is 23.5 Å². The van der Waals surface area contributed by atoms with Gasteiger partial charge in [-0.3, -0.25) is 0 Å². The number of hydrogen-bond donors (Lipinski definition) is 0. The maximum atomic E-state index is 12.6. The Morgan fingerprint density at radius 1 is 0.926 bits per heavy atom. The van der Waals surface area contributed by atoms with Crippen molar-refractivity contribution in [2.75, 3.05) is 0 Å². The fourth-order valence-corrected chi connectivity index (χ4v) is 3.12. The maximum Gasteiger partial charge on any atom is 0.416 e. The predicted octanol–water partition coefficient (Wildman–Crippen LogP) is 5.75. The summed E-state index contributed by atoms with van der Waals surface area (Å²) >= 11 is 1.07. The summed E-state index contributed by atoms with van der Waals surface area (Å²) in [6, 6.07) is 7.54. The van der Waals surface area contributed by atoms with Crippen LogP contribution in [0, 0.1) is 28.1 Å². The molecular formula is C17H11F6N3S. The average molecular weight is 403 g/mol. The van der Waals surface area contributed by atoms with E-state index in [2.05, 4.69) is 4.98 Å². The van der Waals surface area contributed by atoms with Crippen LogP contribution in [0.3, 0.4) is 0 Å². The van der Waals surface area contributed by atoms with Crippen molar-refractivity contribution in [1.82, 2.24) is 4.98 Å². The van der Waals surface area contributed by atoms with Gasteiger partial charge in [0.2, 0.25) is 0 Å². The number of aromatic nitrogens is 1. The van der Waals surface area contributed by atoms with Crippen LogP contribution in [0.2, 0.25) is 0 Å². The van der Waals surface area contributed by atoms with Gasteiger partial charge in [0.25, 0.3) is 0 Å². The molecule has 2 aromatic rings. The summed E-state index contributed by atoms with van der Waals surface area (Å²) in [5.74, 6) is 0. The molecular weight excluding hydrogens is 392 g/mol. The Labute approximate surface area is 154 Å². The first-order chi connectivity index (χ1) is 12.5. The average Bonchev–Trinajstić information content (AvgIpc) is 3.06. The highest BCUT2D eigenvalue weighted by Gasteiger charge is 2.37. The highest BCUT2D eigenvalue weighted by atomic mass is 32.1. The van der Waals surface area contributed by atoms with Gasteiger partial charge in [0.05, 0.1) is 23.4 Å². The van der Waals surface area contributed by atoms with Crippen LogP contribution in [0.15, 0.2) is 29.6 Å². The number of nitrogens with zero attached hydrogens (tertiary/aromatic N) is 3. The smallest absolute Gasteiger partial charge is 0.241 e. The van der Waals surface area contributed by atoms with Crippen LogP contribution in [0.1, 0.15) is 24.1 Å². The molecule has 0 amide bonds. The number of halogens is 6. The molecule has 0 atom stereocenters. The summed E-state index contributed by atoms with van der Waals surface area (Å²) in [5.41, 5.74) is -2.06. The largest absolute Gasteiger partial charge is 0.416 e. The summed E-state index contributed by atoms with van der Waals surface area (Å²) in [7, 11) is 0. The van der Waals surface area contributed by atoms with Crippen molar-refractivity contribution in [3.63, 3.8) is 0 Å². The fraction of sp³-hybridized carbons (Fsp3) is 0.353. The third-order valence-corrected chi connectivity index (χ3v) is 4.70. The van der Waals surface area contributed by atoms with Crippen LogP contribution in [-0.2, 0) is 12.6 Å². The number of benzene rings is 1. The number of rotatable bonds is 5. The second kappa shape index (κ2) is 7.57. The molecule has 142 valence electrons. The Morgan fingerprint density at radius 3 is 2.00 bits per heavy atom. The Hall–Kier alpha value is -2.59. The molecule has 1 aromatic heterocycles. The van der Waals surface area contributed by atoms with Gasteiger partial charge in [-0.15, -0.1) is 11.3 Å². The molecule has 27 heavy (non-hydrogen) atoms. The third kappa shape index (κ3) is 5.44. The second-order valence-corrected chi connectivity index (χ2v) is 6.67. The molecule has 0 aliphatic rings. The molecule has 0 saturated carbocycles. The minimum Gasteiger partial charge on any atom is -0.241 e. The zero-order valence-electron chi connectivity index (χ0n) is 13.5. The van der Waals surface area contributed by atoms with Crippen molar-refractivity contribution in [1.29, 1.82) is 10.5 Å². The minimum atomic E-state index is -4.49. The van der Waals surface area contributed by atoms with Crippen LogP contribution >= 0.6 is 11.3 Å². The second-order valence-electron chi connectivity index (χ2n) is 5.82. The van der Waals surface area contributed by atoms with Gasteiger partial charge >= 0.3 is 12.4 Å². The van der Waals surface area contributed by atoms with Gasteiger partial charge in [-0.25, -0.2) is 4.98 Å². The third-order valence-electron chi connectivity index (χ3n) is 3.76. The van der Waals surface area contributed by atoms with E-state index in [1.165, 1.54) is 17.5 Å². The fourth-order valence-electron chi connectivity index (χ4n) is 2.29. The Kier molecular flexibility index (Phi) is 5.81. The molecule has 10 heteroatoms. The summed E-state index contributed by atoms with van der Waals surface area (Å²) in [4.78, 5) is 4.15. The summed E-state index contributed by atoms with van der Waals surface area (Å²) in [6.45, 7) is 0. The first kappa shape index (κ1) is 20.7. The van der Waals surface area contributed by atoms with Gasteiger partial charge in [-0.2, -0.15) is 36.9 Å². The number of thiazole rings is 1. The molecule has 0 aliphatic carbocycles. The van der Waals surface area contributed by atoms with Crippen molar-refractivity contribution in [2.45, 2.75) is 31.6 Å². The van der Waals surface area contributed by atoms with Crippen molar-refractivity contribution in [3.8, 4) is 22.7 Å². The Bertz CT molecular complexity index is 854. The summed E-state index contributed by atoms with van der Waals surface area (Å²) in [6.07, 6.45) is -11.2. The molecule has 0 N–H and O–H groups in total. The lowest BCUT2D eigenvalue weighted by molar-refractivity contribution is -0.138. The number of hydrogen-bond acceptors (Lipinski definition) is 4. The summed E-state index contributed by atoms with van der Waals surface area (Å²) < 4.78 is 75.1. The lowest BCUT2D eigenvalue weighted by Crippen LogP contribution is -2.23. The molecule has 0 unspecified atom stereocenters. The zero-order chi connectivity index (χ0) is 20.3. The number of alkyl halides is 6. The van der Waals surface area contributed by atoms with Gasteiger partial charge in [0.1, 0.15) is 10.4 Å². The van der Waals surface area contributed by atoms with E-state index < -0.39 is 36.2 Å². The molecule has 3 nitrogen and oxygen atoms in total. The first-order valence-corrected chi connectivity index (χ1v) is 8.37. The first-order valence-electron chi connectivity index (χ1n) is 7.49. The van der Waals surface area contributed by atoms with E-state index in [0.29, 0.717) is 10.6 Å². The number of nitriles is 2. The monoisotopic (exact) mass is 403 g/mol. The van der Waals surface area contributed by atoms with E-state index in [-0.39, 0.29) is 12.1 Å². The van der Waals surface area contributed by atoms with Gasteiger partial charge in [-0.05, 0) is 18.6 Å². The van der Waals surface area contributed by atoms with E-state index >= 15 is 0 Å². The Balaban J connectivity index is 2.19. The molecule has 1 heterocycles. The topological polar surface area (TPSA) is 60.5 Å². The summed E-state index contributed by atoms with van der Waals surface area (Å²) in [5, 5.41) is 20.2. The van der Waals surface area contributed by atoms with Gasteiger partial charge in [-0.1, -0.05) is 12.1 Å². The van der Waals surface area contributed by atoms with Crippen LogP contribution in [-0.4, -0.2) is 11.2 Å². The van der Waals surface area contributed by atoms with Crippen LogP contribution in [0.5, 0.6) is 0 Å². The molecule has 0 aliphatic heterocycles. The molecule has 0 fully saturated rings. The lowest BCUT2D eigenvalue weighted by Gasteiger charge is -2.18. The maximum absolute atomic E-state index is 12.6. The lowest BCUT2D eigenvalue weighted by atomic mass is 9.82. The molecule has 0 saturated heterocycles. The molecule has 0 spiro atoms. The van der Waals surface area contributed by atoms with Crippen molar-refractivity contribution in [3.05, 3.63) is 40.9 Å². The quantitative estimate of drug-likeness (QED) is 0.598. The van der Waals surface area contributed by atoms with E-state index in [1.54, 1.807) is 12.1 Å². The van der Waals surface area contributed by atoms with Crippen molar-refractivity contribution in [2.24, 2.45) is 5.41 Å². The molecule has 1 aromatic carbocycles. The zero-order valence-corrected chi connectivity index (χ0v) is 14.3. The standard InChI is InChI=1S/C17H11F6N3S/c18-16(19,20)6-5-15(9-24,10-25)7-13-8-27-14(26-13)11-1-3-12(4-2-11)17(21,22)23/h1-4,8H,5-7H2. The molecule has 0 bridgehead atoms. The predicted molar refractivity (Wildman–Crippen MR) is 85.2 cm³/mol. The van der Waals surface area contributed by atoms with Crippen molar-refractivity contribution >= 4 is 11.3 Å². The SMILES string of the molecule is N#CC(C#N)(CCC(F)(F)F)Cc1csc(-c2ccc(C(F)(F)F)cc2)n1. The van der Waals surface area contributed by atoms with Crippen LogP contribution in [0.25, 0.3) is 10.6 Å². The van der Waals surface area contributed by atoms with E-state index in [9.17, 15) is 36.9 Å². The van der Waals surface area contributed by atoms with Gasteiger partial charge in [0.15, 0.2) is 0 Å². The van der Waals surface area contributed by atoms with Gasteiger partial charge < -0.3 is 0 Å².